The number of ether oxygens (including phenoxy) is 2. The van der Waals surface area contributed by atoms with Gasteiger partial charge in [-0.15, -0.1) is 0 Å². The van der Waals surface area contributed by atoms with Crippen LogP contribution in [0, 0.1) is 0 Å². The molecule has 0 spiro atoms. The Balaban J connectivity index is 2.12. The van der Waals surface area contributed by atoms with E-state index in [1.165, 1.54) is 6.33 Å². The fraction of sp³-hybridized carbons (Fsp3) is 0.600. The van der Waals surface area contributed by atoms with Crippen LogP contribution in [0.4, 0.5) is 5.82 Å². The molecular formula is C10H14ClN3O2. The van der Waals surface area contributed by atoms with Crippen LogP contribution < -0.4 is 4.90 Å². The molecule has 2 atom stereocenters. The largest absolute Gasteiger partial charge is 0.377 e. The van der Waals surface area contributed by atoms with Crippen molar-refractivity contribution in [3.8, 4) is 0 Å². The van der Waals surface area contributed by atoms with Gasteiger partial charge in [-0.25, -0.2) is 9.97 Å². The summed E-state index contributed by atoms with van der Waals surface area (Å²) in [7, 11) is 3.38. The molecule has 0 N–H and O–H groups in total. The van der Waals surface area contributed by atoms with Crippen molar-refractivity contribution in [1.29, 1.82) is 0 Å². The third-order valence-corrected chi connectivity index (χ3v) is 2.97. The van der Waals surface area contributed by atoms with Crippen LogP contribution in [0.3, 0.4) is 0 Å². The Morgan fingerprint density at radius 2 is 1.88 bits per heavy atom. The summed E-state index contributed by atoms with van der Waals surface area (Å²) >= 11 is 5.82. The van der Waals surface area contributed by atoms with E-state index in [1.807, 2.05) is 0 Å². The molecule has 1 aliphatic rings. The molecular weight excluding hydrogens is 230 g/mol. The Hall–Kier alpha value is -0.910. The Morgan fingerprint density at radius 1 is 1.25 bits per heavy atom. The highest BCUT2D eigenvalue weighted by Gasteiger charge is 2.33. The quantitative estimate of drug-likeness (QED) is 0.741. The Kier molecular flexibility index (Phi) is 3.58. The van der Waals surface area contributed by atoms with E-state index in [2.05, 4.69) is 14.9 Å². The average molecular weight is 244 g/mol. The van der Waals surface area contributed by atoms with Crippen LogP contribution in [0.2, 0.25) is 5.15 Å². The summed E-state index contributed by atoms with van der Waals surface area (Å²) in [5.41, 5.74) is 0. The Bertz CT molecular complexity index is 352. The minimum atomic E-state index is 0.0683. The lowest BCUT2D eigenvalue weighted by atomic mass is 10.3. The summed E-state index contributed by atoms with van der Waals surface area (Å²) in [6.07, 6.45) is 1.59. The van der Waals surface area contributed by atoms with E-state index in [0.29, 0.717) is 5.15 Å². The summed E-state index contributed by atoms with van der Waals surface area (Å²) in [6.45, 7) is 1.50. The second kappa shape index (κ2) is 4.95. The number of aromatic nitrogens is 2. The number of hydrogen-bond acceptors (Lipinski definition) is 5. The molecule has 0 unspecified atom stereocenters. The number of rotatable bonds is 3. The maximum atomic E-state index is 5.82. The zero-order valence-corrected chi connectivity index (χ0v) is 10.0. The van der Waals surface area contributed by atoms with Crippen molar-refractivity contribution in [3.63, 3.8) is 0 Å². The predicted molar refractivity (Wildman–Crippen MR) is 60.8 cm³/mol. The van der Waals surface area contributed by atoms with Gasteiger partial charge in [0.1, 0.15) is 29.5 Å². The van der Waals surface area contributed by atoms with Crippen molar-refractivity contribution in [3.05, 3.63) is 17.5 Å². The van der Waals surface area contributed by atoms with E-state index in [-0.39, 0.29) is 12.2 Å². The molecule has 1 aliphatic heterocycles. The lowest BCUT2D eigenvalue weighted by Crippen LogP contribution is -2.27. The molecule has 16 heavy (non-hydrogen) atoms. The lowest BCUT2D eigenvalue weighted by Gasteiger charge is -2.16. The second-order valence-electron chi connectivity index (χ2n) is 3.65. The number of methoxy groups -OCH3 is 2. The molecule has 1 saturated heterocycles. The highest BCUT2D eigenvalue weighted by atomic mass is 35.5. The summed E-state index contributed by atoms with van der Waals surface area (Å²) in [4.78, 5) is 10.1. The highest BCUT2D eigenvalue weighted by molar-refractivity contribution is 6.29. The molecule has 88 valence electrons. The van der Waals surface area contributed by atoms with Crippen molar-refractivity contribution in [1.82, 2.24) is 9.97 Å². The third kappa shape index (κ3) is 2.26. The van der Waals surface area contributed by atoms with Gasteiger partial charge in [0.15, 0.2) is 0 Å². The minimum Gasteiger partial charge on any atom is -0.377 e. The lowest BCUT2D eigenvalue weighted by molar-refractivity contribution is -0.00461. The van der Waals surface area contributed by atoms with Crippen LogP contribution in [-0.2, 0) is 9.47 Å². The Labute approximate surface area is 99.3 Å². The SMILES string of the molecule is CO[C@@H]1CN(c2cc(Cl)ncn2)C[C@H]1OC. The molecule has 1 fully saturated rings. The van der Waals surface area contributed by atoms with Crippen molar-refractivity contribution in [2.75, 3.05) is 32.2 Å². The van der Waals surface area contributed by atoms with Crippen molar-refractivity contribution < 1.29 is 9.47 Å². The first-order valence-electron chi connectivity index (χ1n) is 5.02. The van der Waals surface area contributed by atoms with Gasteiger partial charge in [-0.2, -0.15) is 0 Å². The molecule has 1 aromatic heterocycles. The van der Waals surface area contributed by atoms with Crippen LogP contribution in [0.5, 0.6) is 0 Å². The van der Waals surface area contributed by atoms with Gasteiger partial charge in [0.25, 0.3) is 0 Å². The van der Waals surface area contributed by atoms with E-state index in [4.69, 9.17) is 21.1 Å². The summed E-state index contributed by atoms with van der Waals surface area (Å²) in [5, 5.41) is 0.444. The van der Waals surface area contributed by atoms with Gasteiger partial charge in [0.2, 0.25) is 0 Å². The zero-order valence-electron chi connectivity index (χ0n) is 9.26. The average Bonchev–Trinajstić information content (AvgIpc) is 2.72. The number of anilines is 1. The van der Waals surface area contributed by atoms with Crippen molar-refractivity contribution in [2.24, 2.45) is 0 Å². The molecule has 0 bridgehead atoms. The van der Waals surface area contributed by atoms with Gasteiger partial charge >= 0.3 is 0 Å². The van der Waals surface area contributed by atoms with E-state index in [9.17, 15) is 0 Å². The molecule has 0 aromatic carbocycles. The van der Waals surface area contributed by atoms with E-state index in [1.54, 1.807) is 20.3 Å². The standard InChI is InChI=1S/C10H14ClN3O2/c1-15-7-4-14(5-8(7)16-2)10-3-9(11)12-6-13-10/h3,6-8H,4-5H2,1-2H3/t7-,8-/m1/s1. The molecule has 5 nitrogen and oxygen atoms in total. The van der Waals surface area contributed by atoms with Crippen LogP contribution >= 0.6 is 11.6 Å². The first-order valence-corrected chi connectivity index (χ1v) is 5.40. The number of halogens is 1. The molecule has 0 saturated carbocycles. The fourth-order valence-corrected chi connectivity index (χ4v) is 2.02. The van der Waals surface area contributed by atoms with Gasteiger partial charge in [-0.1, -0.05) is 11.6 Å². The molecule has 6 heteroatoms. The van der Waals surface area contributed by atoms with Crippen LogP contribution in [0.1, 0.15) is 0 Å². The summed E-state index contributed by atoms with van der Waals surface area (Å²) < 4.78 is 10.7. The van der Waals surface area contributed by atoms with Gasteiger partial charge in [-0.3, -0.25) is 0 Å². The maximum Gasteiger partial charge on any atom is 0.134 e. The van der Waals surface area contributed by atoms with E-state index < -0.39 is 0 Å². The van der Waals surface area contributed by atoms with Crippen LogP contribution in [-0.4, -0.2) is 49.5 Å². The number of nitrogens with zero attached hydrogens (tertiary/aromatic N) is 3. The van der Waals surface area contributed by atoms with E-state index >= 15 is 0 Å². The molecule has 0 amide bonds. The fourth-order valence-electron chi connectivity index (χ4n) is 1.88. The highest BCUT2D eigenvalue weighted by Crippen LogP contribution is 2.22. The summed E-state index contributed by atoms with van der Waals surface area (Å²) in [6, 6.07) is 1.74. The van der Waals surface area contributed by atoms with Gasteiger partial charge in [0.05, 0.1) is 0 Å². The van der Waals surface area contributed by atoms with Gasteiger partial charge < -0.3 is 14.4 Å². The van der Waals surface area contributed by atoms with E-state index in [0.717, 1.165) is 18.9 Å². The third-order valence-electron chi connectivity index (χ3n) is 2.76. The first-order chi connectivity index (χ1) is 7.74. The van der Waals surface area contributed by atoms with Crippen molar-refractivity contribution >= 4 is 17.4 Å². The Morgan fingerprint density at radius 3 is 2.38 bits per heavy atom. The maximum absolute atomic E-state index is 5.82. The normalized spacial score (nSPS) is 25.1. The van der Waals surface area contributed by atoms with Crippen LogP contribution in [0.15, 0.2) is 12.4 Å². The topological polar surface area (TPSA) is 47.5 Å². The zero-order chi connectivity index (χ0) is 11.5. The molecule has 0 radical (unpaired) electrons. The van der Waals surface area contributed by atoms with Crippen molar-refractivity contribution in [2.45, 2.75) is 12.2 Å². The van der Waals surface area contributed by atoms with Gasteiger partial charge in [0, 0.05) is 33.4 Å². The molecule has 0 aliphatic carbocycles. The molecule has 2 rings (SSSR count). The summed E-state index contributed by atoms with van der Waals surface area (Å²) in [5.74, 6) is 0.807. The van der Waals surface area contributed by atoms with Crippen LogP contribution in [0.25, 0.3) is 0 Å². The molecule has 1 aromatic rings. The minimum absolute atomic E-state index is 0.0683. The van der Waals surface area contributed by atoms with Gasteiger partial charge in [-0.05, 0) is 0 Å². The molecule has 2 heterocycles. The number of hydrogen-bond donors (Lipinski definition) is 0. The smallest absolute Gasteiger partial charge is 0.134 e. The predicted octanol–water partition coefficient (Wildman–Crippen LogP) is 0.980. The second-order valence-corrected chi connectivity index (χ2v) is 4.04. The monoisotopic (exact) mass is 243 g/mol. The first kappa shape index (κ1) is 11.6.